The highest BCUT2D eigenvalue weighted by atomic mass is 16.3. The summed E-state index contributed by atoms with van der Waals surface area (Å²) < 4.78 is 0. The number of hydrogen-bond acceptors (Lipinski definition) is 4. The highest BCUT2D eigenvalue weighted by molar-refractivity contribution is 5.86. The normalized spacial score (nSPS) is 22.8. The van der Waals surface area contributed by atoms with E-state index >= 15 is 0 Å². The summed E-state index contributed by atoms with van der Waals surface area (Å²) in [5.41, 5.74) is 2.28. The second-order valence-corrected chi connectivity index (χ2v) is 4.74. The van der Waals surface area contributed by atoms with Crippen LogP contribution in [0, 0.1) is 5.92 Å². The maximum Gasteiger partial charge on any atom is 0.157 e. The Balaban J connectivity index is 1.87. The summed E-state index contributed by atoms with van der Waals surface area (Å²) >= 11 is 0. The maximum absolute atomic E-state index is 9.53. The molecule has 0 saturated heterocycles. The standard InChI is InChI=1S/C13H16N2O2/c16-11-6-8-1-2-9(13-14-3-4-15-13)5-10(8)7-12(11)17/h6-7,9,16-17H,1-5H2,(H,14,15). The molecule has 0 saturated carbocycles. The largest absolute Gasteiger partial charge is 0.504 e. The Morgan fingerprint density at radius 1 is 1.18 bits per heavy atom. The van der Waals surface area contributed by atoms with E-state index in [9.17, 15) is 10.2 Å². The molecule has 17 heavy (non-hydrogen) atoms. The van der Waals surface area contributed by atoms with Gasteiger partial charge in [-0.2, -0.15) is 0 Å². The van der Waals surface area contributed by atoms with Crippen LogP contribution in [-0.4, -0.2) is 29.1 Å². The van der Waals surface area contributed by atoms with Crippen LogP contribution in [0.5, 0.6) is 11.5 Å². The van der Waals surface area contributed by atoms with Crippen LogP contribution in [0.25, 0.3) is 0 Å². The van der Waals surface area contributed by atoms with Gasteiger partial charge in [0.05, 0.1) is 12.4 Å². The van der Waals surface area contributed by atoms with E-state index in [1.54, 1.807) is 12.1 Å². The van der Waals surface area contributed by atoms with Gasteiger partial charge in [-0.05, 0) is 42.5 Å². The predicted octanol–water partition coefficient (Wildman–Crippen LogP) is 1.20. The van der Waals surface area contributed by atoms with Crippen molar-refractivity contribution < 1.29 is 10.2 Å². The lowest BCUT2D eigenvalue weighted by atomic mass is 9.83. The van der Waals surface area contributed by atoms with Crippen molar-refractivity contribution in [3.8, 4) is 11.5 Å². The number of phenolic OH excluding ortho intramolecular Hbond substituents is 2. The zero-order valence-corrected chi connectivity index (χ0v) is 9.61. The molecule has 0 fully saturated rings. The van der Waals surface area contributed by atoms with Crippen LogP contribution in [-0.2, 0) is 12.8 Å². The first-order valence-electron chi connectivity index (χ1n) is 6.06. The Labute approximate surface area is 100 Å². The number of rotatable bonds is 1. The third-order valence-corrected chi connectivity index (χ3v) is 3.61. The molecule has 3 rings (SSSR count). The van der Waals surface area contributed by atoms with Crippen molar-refractivity contribution in [3.63, 3.8) is 0 Å². The molecule has 1 heterocycles. The fraction of sp³-hybridized carbons (Fsp3) is 0.462. The number of amidine groups is 1. The average Bonchev–Trinajstić information content (AvgIpc) is 2.83. The SMILES string of the molecule is Oc1cc2c(cc1O)CC(C1=NCCN1)CC2. The maximum atomic E-state index is 9.53. The molecule has 90 valence electrons. The molecule has 4 heteroatoms. The van der Waals surface area contributed by atoms with Crippen LogP contribution in [0.1, 0.15) is 17.5 Å². The Hall–Kier alpha value is -1.71. The van der Waals surface area contributed by atoms with Gasteiger partial charge in [0.2, 0.25) is 0 Å². The molecule has 0 amide bonds. The lowest BCUT2D eigenvalue weighted by Gasteiger charge is -2.25. The van der Waals surface area contributed by atoms with E-state index in [1.165, 1.54) is 0 Å². The number of aliphatic imine (C=N–C) groups is 1. The Morgan fingerprint density at radius 2 is 1.94 bits per heavy atom. The van der Waals surface area contributed by atoms with E-state index in [0.29, 0.717) is 5.92 Å². The van der Waals surface area contributed by atoms with Crippen molar-refractivity contribution >= 4 is 5.84 Å². The summed E-state index contributed by atoms with van der Waals surface area (Å²) in [7, 11) is 0. The number of aromatic hydroxyl groups is 2. The Bertz CT molecular complexity index is 483. The fourth-order valence-electron chi connectivity index (χ4n) is 2.71. The first-order chi connectivity index (χ1) is 8.24. The highest BCUT2D eigenvalue weighted by Crippen LogP contribution is 2.34. The molecule has 0 radical (unpaired) electrons. The van der Waals surface area contributed by atoms with Gasteiger partial charge in [0.25, 0.3) is 0 Å². The van der Waals surface area contributed by atoms with E-state index in [4.69, 9.17) is 0 Å². The van der Waals surface area contributed by atoms with E-state index < -0.39 is 0 Å². The van der Waals surface area contributed by atoms with Crippen molar-refractivity contribution in [2.24, 2.45) is 10.9 Å². The molecule has 1 aliphatic carbocycles. The number of phenols is 2. The van der Waals surface area contributed by atoms with E-state index in [-0.39, 0.29) is 11.5 Å². The second kappa shape index (κ2) is 3.95. The van der Waals surface area contributed by atoms with Gasteiger partial charge in [0, 0.05) is 12.5 Å². The van der Waals surface area contributed by atoms with Crippen molar-refractivity contribution in [2.45, 2.75) is 19.3 Å². The van der Waals surface area contributed by atoms with Gasteiger partial charge in [-0.3, -0.25) is 4.99 Å². The van der Waals surface area contributed by atoms with Crippen molar-refractivity contribution in [1.82, 2.24) is 5.32 Å². The lowest BCUT2D eigenvalue weighted by molar-refractivity contribution is 0.400. The molecule has 1 unspecified atom stereocenters. The van der Waals surface area contributed by atoms with E-state index in [1.807, 2.05) is 0 Å². The minimum atomic E-state index is -0.0225. The van der Waals surface area contributed by atoms with Gasteiger partial charge >= 0.3 is 0 Å². The molecule has 1 aliphatic heterocycles. The first kappa shape index (κ1) is 10.4. The van der Waals surface area contributed by atoms with Crippen LogP contribution >= 0.6 is 0 Å². The third-order valence-electron chi connectivity index (χ3n) is 3.61. The number of aryl methyl sites for hydroxylation is 1. The van der Waals surface area contributed by atoms with Gasteiger partial charge in [-0.25, -0.2) is 0 Å². The van der Waals surface area contributed by atoms with Gasteiger partial charge in [0.15, 0.2) is 11.5 Å². The fourth-order valence-corrected chi connectivity index (χ4v) is 2.71. The van der Waals surface area contributed by atoms with Crippen LogP contribution in [0.15, 0.2) is 17.1 Å². The molecule has 1 atom stereocenters. The third kappa shape index (κ3) is 1.84. The monoisotopic (exact) mass is 232 g/mol. The lowest BCUT2D eigenvalue weighted by Crippen LogP contribution is -2.31. The summed E-state index contributed by atoms with van der Waals surface area (Å²) in [4.78, 5) is 4.47. The Kier molecular flexibility index (Phi) is 2.42. The van der Waals surface area contributed by atoms with Crippen molar-refractivity contribution in [3.05, 3.63) is 23.3 Å². The minimum Gasteiger partial charge on any atom is -0.504 e. The van der Waals surface area contributed by atoms with E-state index in [2.05, 4.69) is 10.3 Å². The number of fused-ring (bicyclic) bond motifs is 1. The molecule has 3 N–H and O–H groups in total. The molecule has 2 aliphatic rings. The highest BCUT2D eigenvalue weighted by Gasteiger charge is 2.25. The molecule has 0 spiro atoms. The smallest absolute Gasteiger partial charge is 0.157 e. The topological polar surface area (TPSA) is 64.8 Å². The number of nitrogens with zero attached hydrogens (tertiary/aromatic N) is 1. The Morgan fingerprint density at radius 3 is 2.65 bits per heavy atom. The van der Waals surface area contributed by atoms with Crippen molar-refractivity contribution in [1.29, 1.82) is 0 Å². The number of nitrogens with one attached hydrogen (secondary N) is 1. The second-order valence-electron chi connectivity index (χ2n) is 4.74. The summed E-state index contributed by atoms with van der Waals surface area (Å²) in [5, 5.41) is 22.3. The molecule has 1 aromatic rings. The van der Waals surface area contributed by atoms with Crippen LogP contribution in [0.3, 0.4) is 0 Å². The van der Waals surface area contributed by atoms with Crippen LogP contribution in [0.2, 0.25) is 0 Å². The molecular weight excluding hydrogens is 216 g/mol. The quantitative estimate of drug-likeness (QED) is 0.637. The molecule has 4 nitrogen and oxygen atoms in total. The number of hydrogen-bond donors (Lipinski definition) is 3. The summed E-state index contributed by atoms with van der Waals surface area (Å²) in [6.07, 6.45) is 2.90. The summed E-state index contributed by atoms with van der Waals surface area (Å²) in [6, 6.07) is 3.37. The van der Waals surface area contributed by atoms with Crippen LogP contribution in [0.4, 0.5) is 0 Å². The van der Waals surface area contributed by atoms with E-state index in [0.717, 1.165) is 49.3 Å². The van der Waals surface area contributed by atoms with Gasteiger partial charge in [-0.1, -0.05) is 0 Å². The number of benzene rings is 1. The zero-order chi connectivity index (χ0) is 11.8. The first-order valence-corrected chi connectivity index (χ1v) is 6.06. The molecule has 0 bridgehead atoms. The zero-order valence-electron chi connectivity index (χ0n) is 9.61. The van der Waals surface area contributed by atoms with Gasteiger partial charge in [-0.15, -0.1) is 0 Å². The minimum absolute atomic E-state index is 0.0152. The van der Waals surface area contributed by atoms with Crippen LogP contribution < -0.4 is 5.32 Å². The summed E-state index contributed by atoms with van der Waals surface area (Å²) in [5.74, 6) is 1.52. The molecule has 0 aromatic heterocycles. The van der Waals surface area contributed by atoms with Gasteiger partial charge in [0.1, 0.15) is 0 Å². The summed E-state index contributed by atoms with van der Waals surface area (Å²) in [6.45, 7) is 1.82. The molecular formula is C13H16N2O2. The average molecular weight is 232 g/mol. The predicted molar refractivity (Wildman–Crippen MR) is 65.6 cm³/mol. The molecule has 1 aromatic carbocycles. The van der Waals surface area contributed by atoms with Crippen molar-refractivity contribution in [2.75, 3.05) is 13.1 Å². The van der Waals surface area contributed by atoms with Gasteiger partial charge < -0.3 is 15.5 Å².